The molecule has 2 heteroatoms. The summed E-state index contributed by atoms with van der Waals surface area (Å²) in [6.07, 6.45) is 4.66. The van der Waals surface area contributed by atoms with Crippen LogP contribution in [-0.2, 0) is 0 Å². The summed E-state index contributed by atoms with van der Waals surface area (Å²) < 4.78 is 0. The lowest BCUT2D eigenvalue weighted by molar-refractivity contribution is 1.01. The second-order valence-electron chi connectivity index (χ2n) is 14.0. The van der Waals surface area contributed by atoms with Crippen molar-refractivity contribution >= 4 is 28.2 Å². The Morgan fingerprint density at radius 2 is 1.00 bits per heavy atom. The van der Waals surface area contributed by atoms with E-state index in [0.29, 0.717) is 0 Å². The quantitative estimate of drug-likeness (QED) is 0.160. The number of hydrogen-bond acceptors (Lipinski definition) is 2. The fourth-order valence-corrected chi connectivity index (χ4v) is 7.76. The fourth-order valence-electron chi connectivity index (χ4n) is 7.76. The number of benzene rings is 6. The summed E-state index contributed by atoms with van der Waals surface area (Å²) in [6, 6.07) is 52.3. The minimum absolute atomic E-state index is 0.148. The van der Waals surface area contributed by atoms with E-state index < -0.39 is 0 Å². The third kappa shape index (κ3) is 7.11. The molecule has 256 valence electrons. The first-order valence-electron chi connectivity index (χ1n) is 18.2. The molecule has 1 aliphatic carbocycles. The standard InChI is InChI=1S/C50H46N2/c1-33-29-35(3)47(36(4)30-33)51-49(42-25-17-10-18-26-42)46-44(40-21-13-8-14-22-40)28-27-43(39-19-11-7-12-20-39)45(41-23-15-9-16-24-41)50(46)52-48-37(5)31-34(2)32-38(48)6/h7-32,45,52H,1-6H3. The average Bonchev–Trinajstić information content (AvgIpc) is 3.31. The van der Waals surface area contributed by atoms with Crippen LogP contribution in [0.2, 0.25) is 0 Å². The summed E-state index contributed by atoms with van der Waals surface area (Å²) >= 11 is 0. The normalized spacial score (nSPS) is 14.8. The Morgan fingerprint density at radius 3 is 1.56 bits per heavy atom. The molecule has 1 atom stereocenters. The maximum Gasteiger partial charge on any atom is 0.0805 e. The predicted molar refractivity (Wildman–Crippen MR) is 223 cm³/mol. The van der Waals surface area contributed by atoms with Gasteiger partial charge in [-0.2, -0.15) is 0 Å². The third-order valence-electron chi connectivity index (χ3n) is 9.97. The maximum absolute atomic E-state index is 5.74. The van der Waals surface area contributed by atoms with Gasteiger partial charge in [0.2, 0.25) is 0 Å². The van der Waals surface area contributed by atoms with Crippen LogP contribution >= 0.6 is 0 Å². The molecule has 0 spiro atoms. The van der Waals surface area contributed by atoms with Crippen molar-refractivity contribution in [3.05, 3.63) is 225 Å². The summed E-state index contributed by atoms with van der Waals surface area (Å²) in [5.41, 5.74) is 19.4. The highest BCUT2D eigenvalue weighted by molar-refractivity contribution is 6.24. The van der Waals surface area contributed by atoms with Gasteiger partial charge in [0.1, 0.15) is 0 Å². The first kappa shape index (κ1) is 34.5. The number of nitrogens with zero attached hydrogens (tertiary/aromatic N) is 1. The molecule has 0 saturated heterocycles. The van der Waals surface area contributed by atoms with Crippen LogP contribution in [0.3, 0.4) is 0 Å². The molecular weight excluding hydrogens is 629 g/mol. The van der Waals surface area contributed by atoms with E-state index in [9.17, 15) is 0 Å². The molecule has 0 aromatic heterocycles. The monoisotopic (exact) mass is 674 g/mol. The molecule has 6 aromatic rings. The van der Waals surface area contributed by atoms with E-state index in [1.807, 2.05) is 0 Å². The summed E-state index contributed by atoms with van der Waals surface area (Å²) in [4.78, 5) is 5.74. The second-order valence-corrected chi connectivity index (χ2v) is 14.0. The first-order valence-corrected chi connectivity index (χ1v) is 18.2. The molecular formula is C50H46N2. The van der Waals surface area contributed by atoms with Crippen molar-refractivity contribution in [2.24, 2.45) is 4.99 Å². The van der Waals surface area contributed by atoms with Crippen molar-refractivity contribution < 1.29 is 0 Å². The predicted octanol–water partition coefficient (Wildman–Crippen LogP) is 13.0. The highest BCUT2D eigenvalue weighted by Gasteiger charge is 2.32. The summed E-state index contributed by atoms with van der Waals surface area (Å²) in [5.74, 6) is -0.148. The van der Waals surface area contributed by atoms with Crippen LogP contribution in [0.5, 0.6) is 0 Å². The number of hydrogen-bond donors (Lipinski definition) is 1. The van der Waals surface area contributed by atoms with E-state index in [1.165, 1.54) is 39.0 Å². The molecule has 1 N–H and O–H groups in total. The molecule has 1 aliphatic rings. The van der Waals surface area contributed by atoms with Crippen molar-refractivity contribution in [3.63, 3.8) is 0 Å². The summed E-state index contributed by atoms with van der Waals surface area (Å²) in [6.45, 7) is 13.1. The van der Waals surface area contributed by atoms with Crippen LogP contribution in [0, 0.1) is 41.5 Å². The lowest BCUT2D eigenvalue weighted by Crippen LogP contribution is -2.20. The zero-order valence-electron chi connectivity index (χ0n) is 31.0. The Kier molecular flexibility index (Phi) is 10.00. The second kappa shape index (κ2) is 15.1. The van der Waals surface area contributed by atoms with Gasteiger partial charge in [-0.25, -0.2) is 4.99 Å². The minimum Gasteiger partial charge on any atom is -0.357 e. The topological polar surface area (TPSA) is 24.4 Å². The van der Waals surface area contributed by atoms with Gasteiger partial charge in [-0.15, -0.1) is 0 Å². The highest BCUT2D eigenvalue weighted by Crippen LogP contribution is 2.46. The van der Waals surface area contributed by atoms with E-state index in [0.717, 1.165) is 56.2 Å². The number of nitrogens with one attached hydrogen (secondary N) is 1. The van der Waals surface area contributed by atoms with Gasteiger partial charge in [-0.1, -0.05) is 169 Å². The number of aliphatic imine (C=N–C) groups is 1. The molecule has 0 bridgehead atoms. The van der Waals surface area contributed by atoms with E-state index in [1.54, 1.807) is 0 Å². The number of anilines is 1. The molecule has 2 nitrogen and oxygen atoms in total. The van der Waals surface area contributed by atoms with Crippen LogP contribution < -0.4 is 5.32 Å². The van der Waals surface area contributed by atoms with Gasteiger partial charge in [-0.3, -0.25) is 0 Å². The van der Waals surface area contributed by atoms with Crippen molar-refractivity contribution in [1.82, 2.24) is 0 Å². The Hall–Kier alpha value is -5.99. The molecule has 7 rings (SSSR count). The lowest BCUT2D eigenvalue weighted by atomic mass is 9.80. The zero-order chi connectivity index (χ0) is 36.2. The first-order chi connectivity index (χ1) is 25.3. The van der Waals surface area contributed by atoms with Crippen molar-refractivity contribution in [2.45, 2.75) is 47.5 Å². The summed E-state index contributed by atoms with van der Waals surface area (Å²) in [5, 5.41) is 4.17. The molecule has 52 heavy (non-hydrogen) atoms. The van der Waals surface area contributed by atoms with Gasteiger partial charge < -0.3 is 5.32 Å². The summed E-state index contributed by atoms with van der Waals surface area (Å²) in [7, 11) is 0. The van der Waals surface area contributed by atoms with Crippen molar-refractivity contribution in [2.75, 3.05) is 5.32 Å². The van der Waals surface area contributed by atoms with E-state index in [2.05, 4.69) is 205 Å². The molecule has 0 amide bonds. The van der Waals surface area contributed by atoms with E-state index in [4.69, 9.17) is 4.99 Å². The number of allylic oxidation sites excluding steroid dienone is 5. The average molecular weight is 675 g/mol. The molecule has 0 fully saturated rings. The SMILES string of the molecule is Cc1cc(C)c(N=C(C2=C(Nc3c(C)cc(C)cc3C)C(c3ccccc3)C(c3ccccc3)=CC=C2c2ccccc2)c2ccccc2)c(C)c1. The molecule has 6 aromatic carbocycles. The van der Waals surface area contributed by atoms with Crippen LogP contribution in [0.1, 0.15) is 61.6 Å². The molecule has 0 heterocycles. The lowest BCUT2D eigenvalue weighted by Gasteiger charge is -2.30. The van der Waals surface area contributed by atoms with Crippen LogP contribution in [0.15, 0.2) is 174 Å². The van der Waals surface area contributed by atoms with Gasteiger partial charge in [0.05, 0.1) is 17.3 Å². The highest BCUT2D eigenvalue weighted by atomic mass is 14.9. The van der Waals surface area contributed by atoms with E-state index >= 15 is 0 Å². The Morgan fingerprint density at radius 1 is 0.519 bits per heavy atom. The minimum atomic E-state index is -0.148. The van der Waals surface area contributed by atoms with Gasteiger partial charge in [-0.05, 0) is 91.6 Å². The van der Waals surface area contributed by atoms with Gasteiger partial charge in [0.25, 0.3) is 0 Å². The Labute approximate surface area is 309 Å². The third-order valence-corrected chi connectivity index (χ3v) is 9.97. The molecule has 0 aliphatic heterocycles. The van der Waals surface area contributed by atoms with Gasteiger partial charge in [0.15, 0.2) is 0 Å². The zero-order valence-corrected chi connectivity index (χ0v) is 31.0. The van der Waals surface area contributed by atoms with Gasteiger partial charge >= 0.3 is 0 Å². The number of rotatable bonds is 8. The van der Waals surface area contributed by atoms with Crippen LogP contribution in [-0.4, -0.2) is 5.71 Å². The fraction of sp³-hybridized carbons (Fsp3) is 0.140. The molecule has 0 radical (unpaired) electrons. The Bertz CT molecular complexity index is 2300. The van der Waals surface area contributed by atoms with Crippen LogP contribution in [0.25, 0.3) is 11.1 Å². The smallest absolute Gasteiger partial charge is 0.0805 e. The van der Waals surface area contributed by atoms with Gasteiger partial charge in [0, 0.05) is 22.5 Å². The van der Waals surface area contributed by atoms with Crippen LogP contribution in [0.4, 0.5) is 11.4 Å². The number of aryl methyl sites for hydroxylation is 6. The van der Waals surface area contributed by atoms with Crippen molar-refractivity contribution in [3.8, 4) is 0 Å². The van der Waals surface area contributed by atoms with E-state index in [-0.39, 0.29) is 5.92 Å². The molecule has 0 saturated carbocycles. The maximum atomic E-state index is 5.74. The largest absolute Gasteiger partial charge is 0.357 e. The Balaban J connectivity index is 1.67. The molecule has 1 unspecified atom stereocenters. The van der Waals surface area contributed by atoms with Crippen molar-refractivity contribution in [1.29, 1.82) is 0 Å².